The van der Waals surface area contributed by atoms with Crippen molar-refractivity contribution in [3.63, 3.8) is 0 Å². The number of rotatable bonds is 7. The van der Waals surface area contributed by atoms with Gasteiger partial charge in [0.25, 0.3) is 0 Å². The van der Waals surface area contributed by atoms with Crippen LogP contribution in [0.1, 0.15) is 19.4 Å². The molecule has 1 saturated heterocycles. The summed E-state index contributed by atoms with van der Waals surface area (Å²) >= 11 is 3.46. The zero-order valence-electron chi connectivity index (χ0n) is 15.9. The van der Waals surface area contributed by atoms with E-state index < -0.39 is 0 Å². The Kier molecular flexibility index (Phi) is 8.06. The predicted octanol–water partition coefficient (Wildman–Crippen LogP) is 2.18. The highest BCUT2D eigenvalue weighted by Gasteiger charge is 2.22. The van der Waals surface area contributed by atoms with Crippen LogP contribution in [0.3, 0.4) is 0 Å². The first-order valence-electron chi connectivity index (χ1n) is 9.21. The molecule has 0 spiro atoms. The van der Waals surface area contributed by atoms with Crippen molar-refractivity contribution >= 4 is 33.4 Å². The number of aryl methyl sites for hydroxylation is 1. The van der Waals surface area contributed by atoms with Gasteiger partial charge < -0.3 is 10.2 Å². The molecule has 0 saturated carbocycles. The molecule has 1 heterocycles. The van der Waals surface area contributed by atoms with Gasteiger partial charge in [0, 0.05) is 49.4 Å². The van der Waals surface area contributed by atoms with Crippen molar-refractivity contribution in [1.29, 1.82) is 0 Å². The van der Waals surface area contributed by atoms with Crippen LogP contribution in [0.15, 0.2) is 22.7 Å². The second-order valence-electron chi connectivity index (χ2n) is 6.63. The molecule has 7 heteroatoms. The lowest BCUT2D eigenvalue weighted by Gasteiger charge is -2.34. The molecule has 1 fully saturated rings. The second-order valence-corrected chi connectivity index (χ2v) is 7.48. The van der Waals surface area contributed by atoms with Gasteiger partial charge in [-0.1, -0.05) is 15.9 Å². The van der Waals surface area contributed by atoms with E-state index in [1.807, 2.05) is 43.9 Å². The Labute approximate surface area is 164 Å². The molecule has 0 atom stereocenters. The lowest BCUT2D eigenvalue weighted by Crippen LogP contribution is -2.51. The quantitative estimate of drug-likeness (QED) is 0.728. The smallest absolute Gasteiger partial charge is 0.238 e. The molecule has 1 aliphatic rings. The number of benzene rings is 1. The number of halogens is 1. The maximum absolute atomic E-state index is 12.3. The zero-order chi connectivity index (χ0) is 19.1. The summed E-state index contributed by atoms with van der Waals surface area (Å²) in [4.78, 5) is 30.6. The summed E-state index contributed by atoms with van der Waals surface area (Å²) < 4.78 is 1.03. The van der Waals surface area contributed by atoms with Crippen LogP contribution in [0.4, 0.5) is 5.69 Å². The summed E-state index contributed by atoms with van der Waals surface area (Å²) in [7, 11) is 0. The van der Waals surface area contributed by atoms with Gasteiger partial charge in [-0.3, -0.25) is 19.4 Å². The van der Waals surface area contributed by atoms with Crippen molar-refractivity contribution in [2.24, 2.45) is 0 Å². The van der Waals surface area contributed by atoms with Gasteiger partial charge in [0.1, 0.15) is 0 Å². The zero-order valence-corrected chi connectivity index (χ0v) is 17.5. The van der Waals surface area contributed by atoms with E-state index in [1.165, 1.54) is 0 Å². The molecule has 0 radical (unpaired) electrons. The lowest BCUT2D eigenvalue weighted by atomic mass is 10.2. The highest BCUT2D eigenvalue weighted by molar-refractivity contribution is 9.10. The highest BCUT2D eigenvalue weighted by atomic mass is 79.9. The van der Waals surface area contributed by atoms with Gasteiger partial charge in [0.05, 0.1) is 13.1 Å². The van der Waals surface area contributed by atoms with Crippen LogP contribution >= 0.6 is 15.9 Å². The normalized spacial score (nSPS) is 15.7. The number of carbonyl (C=O) groups excluding carboxylic acids is 2. The number of nitrogens with one attached hydrogen (secondary N) is 1. The van der Waals surface area contributed by atoms with Crippen LogP contribution in [0.2, 0.25) is 0 Å². The van der Waals surface area contributed by atoms with Crippen molar-refractivity contribution < 1.29 is 9.59 Å². The molecule has 0 bridgehead atoms. The van der Waals surface area contributed by atoms with Gasteiger partial charge in [-0.25, -0.2) is 0 Å². The third-order valence-corrected chi connectivity index (χ3v) is 5.64. The molecule has 1 aliphatic heterocycles. The van der Waals surface area contributed by atoms with Gasteiger partial charge in [0.15, 0.2) is 0 Å². The summed E-state index contributed by atoms with van der Waals surface area (Å²) in [5, 5.41) is 2.96. The molecule has 1 aromatic rings. The SMILES string of the molecule is CCN(CC)C(=O)CN1CCN(CC(=O)Nc2ccc(Br)c(C)c2)CC1. The monoisotopic (exact) mass is 424 g/mol. The number of anilines is 1. The average Bonchev–Trinajstić information content (AvgIpc) is 2.61. The Bertz CT molecular complexity index is 626. The summed E-state index contributed by atoms with van der Waals surface area (Å²) in [6.07, 6.45) is 0. The van der Waals surface area contributed by atoms with Crippen LogP contribution in [0.25, 0.3) is 0 Å². The Morgan fingerprint density at radius 1 is 1.08 bits per heavy atom. The van der Waals surface area contributed by atoms with Crippen LogP contribution in [0.5, 0.6) is 0 Å². The molecule has 1 aromatic carbocycles. The fourth-order valence-corrected chi connectivity index (χ4v) is 3.35. The van der Waals surface area contributed by atoms with E-state index >= 15 is 0 Å². The maximum Gasteiger partial charge on any atom is 0.238 e. The molecular formula is C19H29BrN4O2. The number of carbonyl (C=O) groups is 2. The first-order chi connectivity index (χ1) is 12.4. The summed E-state index contributed by atoms with van der Waals surface area (Å²) in [5.74, 6) is 0.186. The Morgan fingerprint density at radius 3 is 2.19 bits per heavy atom. The first kappa shape index (κ1) is 20.9. The number of hydrogen-bond donors (Lipinski definition) is 1. The third-order valence-electron chi connectivity index (χ3n) is 4.75. The largest absolute Gasteiger partial charge is 0.342 e. The van der Waals surface area contributed by atoms with Crippen LogP contribution < -0.4 is 5.32 Å². The minimum atomic E-state index is -0.000565. The minimum absolute atomic E-state index is 0.000565. The number of piperazine rings is 1. The standard InChI is InChI=1S/C19H29BrN4O2/c1-4-24(5-2)19(26)14-23-10-8-22(9-11-23)13-18(25)21-16-6-7-17(20)15(3)12-16/h6-7,12H,4-5,8-11,13-14H2,1-3H3,(H,21,25). The number of amides is 2. The van der Waals surface area contributed by atoms with Crippen LogP contribution in [0, 0.1) is 6.92 Å². The lowest BCUT2D eigenvalue weighted by molar-refractivity contribution is -0.132. The van der Waals surface area contributed by atoms with Crippen molar-refractivity contribution in [1.82, 2.24) is 14.7 Å². The van der Waals surface area contributed by atoms with Crippen LogP contribution in [-0.4, -0.2) is 78.9 Å². The molecular weight excluding hydrogens is 396 g/mol. The van der Waals surface area contributed by atoms with Crippen molar-refractivity contribution in [2.45, 2.75) is 20.8 Å². The molecule has 0 unspecified atom stereocenters. The maximum atomic E-state index is 12.3. The average molecular weight is 425 g/mol. The third kappa shape index (κ3) is 6.07. The van der Waals surface area contributed by atoms with E-state index in [2.05, 4.69) is 31.0 Å². The van der Waals surface area contributed by atoms with Crippen LogP contribution in [-0.2, 0) is 9.59 Å². The summed E-state index contributed by atoms with van der Waals surface area (Å²) in [6, 6.07) is 5.79. The molecule has 0 aromatic heterocycles. The van der Waals surface area contributed by atoms with E-state index in [0.29, 0.717) is 13.1 Å². The summed E-state index contributed by atoms with van der Waals surface area (Å²) in [6.45, 7) is 11.6. The Hall–Kier alpha value is -1.44. The molecule has 144 valence electrons. The Morgan fingerprint density at radius 2 is 1.65 bits per heavy atom. The van der Waals surface area contributed by atoms with Gasteiger partial charge >= 0.3 is 0 Å². The molecule has 0 aliphatic carbocycles. The fraction of sp³-hybridized carbons (Fsp3) is 0.579. The van der Waals surface area contributed by atoms with Gasteiger partial charge in [0.2, 0.25) is 11.8 Å². The van der Waals surface area contributed by atoms with E-state index in [-0.39, 0.29) is 11.8 Å². The van der Waals surface area contributed by atoms with Crippen molar-refractivity contribution in [2.75, 3.05) is 57.7 Å². The summed E-state index contributed by atoms with van der Waals surface area (Å²) in [5.41, 5.74) is 1.91. The topological polar surface area (TPSA) is 55.9 Å². The van der Waals surface area contributed by atoms with E-state index in [9.17, 15) is 9.59 Å². The molecule has 6 nitrogen and oxygen atoms in total. The van der Waals surface area contributed by atoms with Gasteiger partial charge in [-0.05, 0) is 44.5 Å². The predicted molar refractivity (Wildman–Crippen MR) is 108 cm³/mol. The van der Waals surface area contributed by atoms with Gasteiger partial charge in [-0.15, -0.1) is 0 Å². The van der Waals surface area contributed by atoms with Crippen molar-refractivity contribution in [3.8, 4) is 0 Å². The van der Waals surface area contributed by atoms with Gasteiger partial charge in [-0.2, -0.15) is 0 Å². The number of nitrogens with zero attached hydrogens (tertiary/aromatic N) is 3. The minimum Gasteiger partial charge on any atom is -0.342 e. The van der Waals surface area contributed by atoms with Crippen molar-refractivity contribution in [3.05, 3.63) is 28.2 Å². The molecule has 1 N–H and O–H groups in total. The molecule has 2 amide bonds. The highest BCUT2D eigenvalue weighted by Crippen LogP contribution is 2.20. The number of likely N-dealkylation sites (N-methyl/N-ethyl adjacent to an activating group) is 1. The Balaban J connectivity index is 1.75. The molecule has 2 rings (SSSR count). The fourth-order valence-electron chi connectivity index (χ4n) is 3.10. The second kappa shape index (κ2) is 10.0. The molecule has 26 heavy (non-hydrogen) atoms. The first-order valence-corrected chi connectivity index (χ1v) is 10.0. The van der Waals surface area contributed by atoms with E-state index in [0.717, 1.165) is 55.0 Å². The van der Waals surface area contributed by atoms with E-state index in [4.69, 9.17) is 0 Å². The number of hydrogen-bond acceptors (Lipinski definition) is 4. The van der Waals surface area contributed by atoms with E-state index in [1.54, 1.807) is 0 Å².